The minimum absolute atomic E-state index is 0.0252. The van der Waals surface area contributed by atoms with Crippen molar-refractivity contribution in [2.75, 3.05) is 46.4 Å². The zero-order chi connectivity index (χ0) is 9.52. The second kappa shape index (κ2) is 5.77. The molecule has 13 heavy (non-hydrogen) atoms. The molecule has 0 spiro atoms. The quantitative estimate of drug-likeness (QED) is 0.538. The van der Waals surface area contributed by atoms with Crippen LogP contribution in [0.15, 0.2) is 0 Å². The van der Waals surface area contributed by atoms with Gasteiger partial charge in [0.2, 0.25) is 0 Å². The van der Waals surface area contributed by atoms with Gasteiger partial charge in [0.1, 0.15) is 0 Å². The molecule has 0 aromatic heterocycles. The van der Waals surface area contributed by atoms with Crippen LogP contribution in [-0.4, -0.2) is 57.4 Å². The number of carbonyl (C=O) groups is 1. The van der Waals surface area contributed by atoms with Crippen LogP contribution in [0.5, 0.6) is 0 Å². The van der Waals surface area contributed by atoms with E-state index in [0.29, 0.717) is 19.8 Å². The first-order valence-electron chi connectivity index (χ1n) is 4.59. The van der Waals surface area contributed by atoms with Crippen molar-refractivity contribution in [2.45, 2.75) is 0 Å². The minimum Gasteiger partial charge on any atom is -0.378 e. The van der Waals surface area contributed by atoms with Crippen molar-refractivity contribution in [3.8, 4) is 0 Å². The molecule has 0 aromatic carbocycles. The summed E-state index contributed by atoms with van der Waals surface area (Å²) >= 11 is 0. The predicted octanol–water partition coefficient (Wildman–Crippen LogP) is -0.752. The first kappa shape index (κ1) is 10.3. The molecule has 1 heterocycles. The maximum Gasteiger partial charge on any atom is 0.317 e. The van der Waals surface area contributed by atoms with Gasteiger partial charge in [-0.1, -0.05) is 0 Å². The number of likely N-dealkylation sites (N-methyl/N-ethyl adjacent to an activating group) is 1. The Balaban J connectivity index is 1.96. The van der Waals surface area contributed by atoms with E-state index < -0.39 is 0 Å². The summed E-state index contributed by atoms with van der Waals surface area (Å²) in [6, 6.07) is 0.0252. The highest BCUT2D eigenvalue weighted by atomic mass is 16.5. The van der Waals surface area contributed by atoms with E-state index in [4.69, 9.17) is 4.74 Å². The molecule has 1 aliphatic rings. The number of rotatable bonds is 6. The van der Waals surface area contributed by atoms with Gasteiger partial charge in [-0.25, -0.2) is 4.79 Å². The van der Waals surface area contributed by atoms with Gasteiger partial charge in [-0.05, 0) is 7.05 Å². The first-order chi connectivity index (χ1) is 6.34. The lowest BCUT2D eigenvalue weighted by Crippen LogP contribution is -2.31. The monoisotopic (exact) mass is 187 g/mol. The Kier molecular flexibility index (Phi) is 4.56. The molecule has 1 aliphatic heterocycles. The van der Waals surface area contributed by atoms with Crippen LogP contribution in [0.3, 0.4) is 0 Å². The van der Waals surface area contributed by atoms with Crippen molar-refractivity contribution < 1.29 is 9.53 Å². The molecule has 2 N–H and O–H groups in total. The average Bonchev–Trinajstić information content (AvgIpc) is 2.52. The van der Waals surface area contributed by atoms with E-state index in [2.05, 4.69) is 10.6 Å². The smallest absolute Gasteiger partial charge is 0.317 e. The molecule has 5 nitrogen and oxygen atoms in total. The molecule has 0 aliphatic carbocycles. The van der Waals surface area contributed by atoms with Crippen molar-refractivity contribution in [2.24, 2.45) is 0 Å². The van der Waals surface area contributed by atoms with Crippen LogP contribution in [0.2, 0.25) is 0 Å². The zero-order valence-corrected chi connectivity index (χ0v) is 8.01. The third-order valence-corrected chi connectivity index (χ3v) is 1.95. The lowest BCUT2D eigenvalue weighted by molar-refractivity contribution is 0.118. The Bertz CT molecular complexity index is 163. The van der Waals surface area contributed by atoms with Gasteiger partial charge in [0.05, 0.1) is 13.2 Å². The van der Waals surface area contributed by atoms with E-state index in [1.165, 1.54) is 0 Å². The topological polar surface area (TPSA) is 53.6 Å². The van der Waals surface area contributed by atoms with Crippen LogP contribution >= 0.6 is 0 Å². The van der Waals surface area contributed by atoms with Crippen LogP contribution in [-0.2, 0) is 4.74 Å². The van der Waals surface area contributed by atoms with E-state index in [1.54, 1.807) is 4.90 Å². The van der Waals surface area contributed by atoms with Crippen molar-refractivity contribution in [3.05, 3.63) is 0 Å². The van der Waals surface area contributed by atoms with Crippen molar-refractivity contribution in [3.63, 3.8) is 0 Å². The highest BCUT2D eigenvalue weighted by Crippen LogP contribution is 1.95. The summed E-state index contributed by atoms with van der Waals surface area (Å²) in [6.45, 7) is 4.42. The van der Waals surface area contributed by atoms with Crippen LogP contribution in [0.1, 0.15) is 0 Å². The Morgan fingerprint density at radius 2 is 2.46 bits per heavy atom. The third kappa shape index (κ3) is 3.61. The van der Waals surface area contributed by atoms with E-state index in [1.807, 2.05) is 7.05 Å². The van der Waals surface area contributed by atoms with E-state index >= 15 is 0 Å². The summed E-state index contributed by atoms with van der Waals surface area (Å²) in [7, 11) is 1.89. The van der Waals surface area contributed by atoms with E-state index in [9.17, 15) is 4.79 Å². The first-order valence-corrected chi connectivity index (χ1v) is 4.59. The summed E-state index contributed by atoms with van der Waals surface area (Å²) in [6.07, 6.45) is 0. The van der Waals surface area contributed by atoms with Crippen LogP contribution in [0.25, 0.3) is 0 Å². The molecule has 0 saturated carbocycles. The highest BCUT2D eigenvalue weighted by Gasteiger charge is 2.18. The van der Waals surface area contributed by atoms with Gasteiger partial charge in [0, 0.05) is 26.2 Å². The fraction of sp³-hybridized carbons (Fsp3) is 0.875. The molecule has 0 bridgehead atoms. The number of hydrogen-bond acceptors (Lipinski definition) is 3. The third-order valence-electron chi connectivity index (χ3n) is 1.95. The molecular weight excluding hydrogens is 170 g/mol. The molecule has 0 atom stereocenters. The number of carbonyl (C=O) groups excluding carboxylic acids is 1. The Morgan fingerprint density at radius 3 is 3.08 bits per heavy atom. The predicted molar refractivity (Wildman–Crippen MR) is 49.7 cm³/mol. The average molecular weight is 187 g/mol. The fourth-order valence-corrected chi connectivity index (χ4v) is 1.18. The fourth-order valence-electron chi connectivity index (χ4n) is 1.18. The van der Waals surface area contributed by atoms with Crippen molar-refractivity contribution in [1.29, 1.82) is 0 Å². The maximum atomic E-state index is 11.0. The molecule has 0 radical (unpaired) electrons. The standard InChI is InChI=1S/C8H17N3O2/c1-9-3-6-13-7-5-11-4-2-10-8(11)12/h9H,2-7H2,1H3,(H,10,12). The molecule has 1 fully saturated rings. The lowest BCUT2D eigenvalue weighted by atomic mass is 10.5. The SMILES string of the molecule is CNCCOCCN1CCNC1=O. The van der Waals surface area contributed by atoms with Crippen LogP contribution in [0, 0.1) is 0 Å². The van der Waals surface area contributed by atoms with Gasteiger partial charge in [-0.3, -0.25) is 0 Å². The maximum absolute atomic E-state index is 11.0. The molecule has 0 unspecified atom stereocenters. The summed E-state index contributed by atoms with van der Waals surface area (Å²) < 4.78 is 5.30. The Labute approximate surface area is 78.4 Å². The second-order valence-corrected chi connectivity index (χ2v) is 2.93. The van der Waals surface area contributed by atoms with Crippen molar-refractivity contribution in [1.82, 2.24) is 15.5 Å². The molecule has 5 heteroatoms. The van der Waals surface area contributed by atoms with Gasteiger partial charge in [-0.2, -0.15) is 0 Å². The molecule has 1 rings (SSSR count). The number of urea groups is 1. The number of nitrogens with one attached hydrogen (secondary N) is 2. The number of amides is 2. The Hall–Kier alpha value is -0.810. The van der Waals surface area contributed by atoms with E-state index in [0.717, 1.165) is 19.6 Å². The van der Waals surface area contributed by atoms with Gasteiger partial charge in [0.15, 0.2) is 0 Å². The van der Waals surface area contributed by atoms with Crippen LogP contribution < -0.4 is 10.6 Å². The zero-order valence-electron chi connectivity index (χ0n) is 8.01. The molecule has 0 aromatic rings. The van der Waals surface area contributed by atoms with Crippen molar-refractivity contribution >= 4 is 6.03 Å². The van der Waals surface area contributed by atoms with Crippen LogP contribution in [0.4, 0.5) is 4.79 Å². The normalized spacial score (nSPS) is 16.4. The minimum atomic E-state index is 0.0252. The second-order valence-electron chi connectivity index (χ2n) is 2.93. The summed E-state index contributed by atoms with van der Waals surface area (Å²) in [5, 5.41) is 5.73. The molecular formula is C8H17N3O2. The highest BCUT2D eigenvalue weighted by molar-refractivity contribution is 5.76. The lowest BCUT2D eigenvalue weighted by Gasteiger charge is -2.13. The number of ether oxygens (including phenoxy) is 1. The summed E-state index contributed by atoms with van der Waals surface area (Å²) in [4.78, 5) is 12.8. The molecule has 1 saturated heterocycles. The number of nitrogens with zero attached hydrogens (tertiary/aromatic N) is 1. The van der Waals surface area contributed by atoms with Gasteiger partial charge < -0.3 is 20.3 Å². The van der Waals surface area contributed by atoms with Gasteiger partial charge >= 0.3 is 6.03 Å². The molecule has 76 valence electrons. The summed E-state index contributed by atoms with van der Waals surface area (Å²) in [5.41, 5.74) is 0. The molecule has 2 amide bonds. The number of hydrogen-bond donors (Lipinski definition) is 2. The Morgan fingerprint density at radius 1 is 1.62 bits per heavy atom. The largest absolute Gasteiger partial charge is 0.378 e. The summed E-state index contributed by atoms with van der Waals surface area (Å²) in [5.74, 6) is 0. The van der Waals surface area contributed by atoms with E-state index in [-0.39, 0.29) is 6.03 Å². The van der Waals surface area contributed by atoms with Gasteiger partial charge in [0.25, 0.3) is 0 Å². The van der Waals surface area contributed by atoms with Gasteiger partial charge in [-0.15, -0.1) is 0 Å².